The van der Waals surface area contributed by atoms with Gasteiger partial charge in [0.25, 0.3) is 0 Å². The molecule has 1 aliphatic rings. The van der Waals surface area contributed by atoms with Gasteiger partial charge in [-0.1, -0.05) is 11.6 Å². The van der Waals surface area contributed by atoms with Crippen LogP contribution in [0.15, 0.2) is 42.5 Å². The molecular weight excluding hydrogens is 431 g/mol. The van der Waals surface area contributed by atoms with E-state index in [0.29, 0.717) is 29.2 Å². The first-order chi connectivity index (χ1) is 15.2. The zero-order chi connectivity index (χ0) is 23.3. The minimum absolute atomic E-state index is 0.101. The molecule has 0 aromatic heterocycles. The zero-order valence-electron chi connectivity index (χ0n) is 18.5. The van der Waals surface area contributed by atoms with Crippen molar-refractivity contribution >= 4 is 34.8 Å². The van der Waals surface area contributed by atoms with Crippen molar-refractivity contribution in [3.8, 4) is 0 Å². The number of nitrogens with two attached hydrogens (primary N) is 1. The Bertz CT molecular complexity index is 946. The van der Waals surface area contributed by atoms with Gasteiger partial charge in [-0.2, -0.15) is 0 Å². The van der Waals surface area contributed by atoms with Gasteiger partial charge in [0.1, 0.15) is 5.82 Å². The Balaban J connectivity index is 1.80. The van der Waals surface area contributed by atoms with Crippen LogP contribution >= 0.6 is 11.6 Å². The molecule has 3 N–H and O–H groups in total. The van der Waals surface area contributed by atoms with Crippen LogP contribution in [0.1, 0.15) is 38.7 Å². The summed E-state index contributed by atoms with van der Waals surface area (Å²) in [5.41, 5.74) is 7.55. The van der Waals surface area contributed by atoms with Crippen LogP contribution < -0.4 is 16.0 Å². The second-order valence-corrected chi connectivity index (χ2v) is 8.81. The highest BCUT2D eigenvalue weighted by Gasteiger charge is 2.28. The number of nitrogens with one attached hydrogen (secondary N) is 1. The summed E-state index contributed by atoms with van der Waals surface area (Å²) in [6.45, 7) is 5.53. The van der Waals surface area contributed by atoms with Gasteiger partial charge in [0.05, 0.1) is 0 Å². The van der Waals surface area contributed by atoms with Crippen molar-refractivity contribution in [1.82, 2.24) is 4.90 Å². The first kappa shape index (κ1) is 24.0. The average Bonchev–Trinajstić information content (AvgIpc) is 2.74. The number of piperidine rings is 1. The van der Waals surface area contributed by atoms with Crippen molar-refractivity contribution in [2.75, 3.05) is 23.3 Å². The number of primary amides is 1. The van der Waals surface area contributed by atoms with E-state index in [9.17, 15) is 14.0 Å². The summed E-state index contributed by atoms with van der Waals surface area (Å²) in [6.07, 6.45) is 2.09. The topological polar surface area (TPSA) is 78.7 Å². The lowest BCUT2D eigenvalue weighted by molar-refractivity contribution is -0.119. The van der Waals surface area contributed by atoms with Crippen LogP contribution in [0.4, 0.5) is 15.8 Å². The predicted octanol–water partition coefficient (Wildman–Crippen LogP) is 4.17. The quantitative estimate of drug-likeness (QED) is 0.619. The van der Waals surface area contributed by atoms with Gasteiger partial charge in [-0.25, -0.2) is 4.39 Å². The summed E-state index contributed by atoms with van der Waals surface area (Å²) in [5.74, 6) is -0.716. The van der Waals surface area contributed by atoms with E-state index in [4.69, 9.17) is 17.3 Å². The number of nitrogens with zero attached hydrogens (tertiary/aromatic N) is 2. The number of halogens is 2. The molecule has 2 amide bonds. The number of hydrogen-bond donors (Lipinski definition) is 2. The molecule has 0 bridgehead atoms. The summed E-state index contributed by atoms with van der Waals surface area (Å²) in [4.78, 5) is 27.1. The van der Waals surface area contributed by atoms with Gasteiger partial charge in [-0.05, 0) is 62.2 Å². The van der Waals surface area contributed by atoms with E-state index in [1.54, 1.807) is 12.1 Å². The number of hydrogen-bond acceptors (Lipinski definition) is 4. The van der Waals surface area contributed by atoms with Crippen LogP contribution in [0.2, 0.25) is 5.02 Å². The van der Waals surface area contributed by atoms with Gasteiger partial charge < -0.3 is 16.0 Å². The maximum absolute atomic E-state index is 14.5. The summed E-state index contributed by atoms with van der Waals surface area (Å²) in [7, 11) is 0. The van der Waals surface area contributed by atoms with Crippen LogP contribution in [0, 0.1) is 5.82 Å². The Labute approximate surface area is 193 Å². The number of rotatable bonds is 8. The van der Waals surface area contributed by atoms with E-state index in [1.165, 1.54) is 13.0 Å². The third-order valence-corrected chi connectivity index (χ3v) is 6.16. The van der Waals surface area contributed by atoms with Gasteiger partial charge in [-0.3, -0.25) is 14.5 Å². The molecule has 1 saturated heterocycles. The molecule has 8 heteroatoms. The van der Waals surface area contributed by atoms with E-state index in [2.05, 4.69) is 15.1 Å². The van der Waals surface area contributed by atoms with Crippen molar-refractivity contribution in [3.63, 3.8) is 0 Å². The van der Waals surface area contributed by atoms with Crippen LogP contribution in [0.25, 0.3) is 0 Å². The second-order valence-electron chi connectivity index (χ2n) is 8.38. The molecule has 32 heavy (non-hydrogen) atoms. The van der Waals surface area contributed by atoms with Crippen LogP contribution in [0.3, 0.4) is 0 Å². The van der Waals surface area contributed by atoms with Crippen molar-refractivity contribution in [1.29, 1.82) is 0 Å². The molecule has 0 saturated carbocycles. The van der Waals surface area contributed by atoms with E-state index in [0.717, 1.165) is 31.6 Å². The van der Waals surface area contributed by atoms with Crippen molar-refractivity contribution < 1.29 is 14.0 Å². The molecule has 2 aromatic carbocycles. The molecule has 1 fully saturated rings. The van der Waals surface area contributed by atoms with Crippen molar-refractivity contribution in [2.24, 2.45) is 5.73 Å². The Morgan fingerprint density at radius 2 is 1.88 bits per heavy atom. The van der Waals surface area contributed by atoms with E-state index >= 15 is 0 Å². The molecular formula is C24H30ClFN4O2. The van der Waals surface area contributed by atoms with Gasteiger partial charge in [-0.15, -0.1) is 0 Å². The molecule has 2 aromatic rings. The molecule has 172 valence electrons. The maximum atomic E-state index is 14.5. The van der Waals surface area contributed by atoms with E-state index in [-0.39, 0.29) is 29.7 Å². The first-order valence-electron chi connectivity index (χ1n) is 10.8. The summed E-state index contributed by atoms with van der Waals surface area (Å²) >= 11 is 6.13. The fraction of sp³-hybridized carbons (Fsp3) is 0.417. The molecule has 1 atom stereocenters. The molecule has 6 nitrogen and oxygen atoms in total. The van der Waals surface area contributed by atoms with Crippen molar-refractivity contribution in [3.05, 3.63) is 58.9 Å². The molecule has 1 heterocycles. The highest BCUT2D eigenvalue weighted by atomic mass is 35.5. The predicted molar refractivity (Wildman–Crippen MR) is 126 cm³/mol. The summed E-state index contributed by atoms with van der Waals surface area (Å²) in [5, 5.41) is 3.27. The molecule has 0 spiro atoms. The second kappa shape index (κ2) is 10.8. The Morgan fingerprint density at radius 3 is 2.47 bits per heavy atom. The molecule has 0 aliphatic carbocycles. The standard InChI is InChI=1S/C24H30ClFN4O2/c1-16(13-24(27)32)29-11-9-22(10-12-29)30(15-18-14-19(25)3-8-23(18)26)21-6-4-20(5-7-21)28-17(2)31/h3-8,14,16,22H,9-13,15H2,1-2H3,(H2,27,32)(H,28,31). The Morgan fingerprint density at radius 1 is 1.22 bits per heavy atom. The number of amides is 2. The maximum Gasteiger partial charge on any atom is 0.221 e. The van der Waals surface area contributed by atoms with Gasteiger partial charge in [0.2, 0.25) is 11.8 Å². The number of likely N-dealkylation sites (tertiary alicyclic amines) is 1. The minimum atomic E-state index is -0.294. The fourth-order valence-electron chi connectivity index (χ4n) is 4.28. The van der Waals surface area contributed by atoms with Gasteiger partial charge in [0.15, 0.2) is 0 Å². The van der Waals surface area contributed by atoms with Gasteiger partial charge in [0, 0.05) is 67.0 Å². The number of carbonyl (C=O) groups is 2. The largest absolute Gasteiger partial charge is 0.370 e. The smallest absolute Gasteiger partial charge is 0.221 e. The minimum Gasteiger partial charge on any atom is -0.370 e. The molecule has 3 rings (SSSR count). The van der Waals surface area contributed by atoms with Crippen molar-refractivity contribution in [2.45, 2.75) is 51.7 Å². The fourth-order valence-corrected chi connectivity index (χ4v) is 4.47. The highest BCUT2D eigenvalue weighted by Crippen LogP contribution is 2.29. The SMILES string of the molecule is CC(=O)Nc1ccc(N(Cc2cc(Cl)ccc2F)C2CCN(C(C)CC(N)=O)CC2)cc1. The van der Waals surface area contributed by atoms with Crippen LogP contribution in [0.5, 0.6) is 0 Å². The zero-order valence-corrected chi connectivity index (χ0v) is 19.2. The van der Waals surface area contributed by atoms with E-state index < -0.39 is 0 Å². The number of anilines is 2. The lowest BCUT2D eigenvalue weighted by Gasteiger charge is -2.41. The lowest BCUT2D eigenvalue weighted by atomic mass is 9.99. The molecule has 1 aliphatic heterocycles. The lowest BCUT2D eigenvalue weighted by Crippen LogP contribution is -2.48. The van der Waals surface area contributed by atoms with Crippen LogP contribution in [-0.2, 0) is 16.1 Å². The number of carbonyl (C=O) groups excluding carboxylic acids is 2. The number of benzene rings is 2. The molecule has 0 radical (unpaired) electrons. The normalized spacial score (nSPS) is 15.9. The third-order valence-electron chi connectivity index (χ3n) is 5.93. The Hall–Kier alpha value is -2.64. The summed E-state index contributed by atoms with van der Waals surface area (Å²) in [6, 6.07) is 12.5. The van der Waals surface area contributed by atoms with E-state index in [1.807, 2.05) is 31.2 Å². The summed E-state index contributed by atoms with van der Waals surface area (Å²) < 4.78 is 14.5. The monoisotopic (exact) mass is 460 g/mol. The average molecular weight is 461 g/mol. The third kappa shape index (κ3) is 6.43. The first-order valence-corrected chi connectivity index (χ1v) is 11.2. The highest BCUT2D eigenvalue weighted by molar-refractivity contribution is 6.30. The van der Waals surface area contributed by atoms with Gasteiger partial charge >= 0.3 is 0 Å². The molecule has 1 unspecified atom stereocenters. The Kier molecular flexibility index (Phi) is 8.10. The van der Waals surface area contributed by atoms with Crippen LogP contribution in [-0.4, -0.2) is 41.9 Å².